The highest BCUT2D eigenvalue weighted by molar-refractivity contribution is 5.96. The zero-order valence-corrected chi connectivity index (χ0v) is 15.9. The van der Waals surface area contributed by atoms with Crippen LogP contribution in [0.2, 0.25) is 0 Å². The fourth-order valence-electron chi connectivity index (χ4n) is 2.27. The summed E-state index contributed by atoms with van der Waals surface area (Å²) in [5, 5.41) is 5.70. The van der Waals surface area contributed by atoms with Gasteiger partial charge in [0, 0.05) is 23.8 Å². The van der Waals surface area contributed by atoms with E-state index in [1.54, 1.807) is 38.1 Å². The SMILES string of the molecule is CC(N)C(C)C(=O)Nc1ccc(C(=O)NCCc2ccccc2)cc1.Cl. The van der Waals surface area contributed by atoms with Crippen LogP contribution < -0.4 is 16.4 Å². The van der Waals surface area contributed by atoms with Gasteiger partial charge in [0.25, 0.3) is 5.91 Å². The predicted octanol–water partition coefficient (Wildman–Crippen LogP) is 3.00. The molecule has 0 heterocycles. The van der Waals surface area contributed by atoms with Crippen LogP contribution in [0, 0.1) is 5.92 Å². The van der Waals surface area contributed by atoms with E-state index in [-0.39, 0.29) is 36.2 Å². The van der Waals surface area contributed by atoms with Gasteiger partial charge in [0.15, 0.2) is 0 Å². The Morgan fingerprint density at radius 1 is 1.00 bits per heavy atom. The summed E-state index contributed by atoms with van der Waals surface area (Å²) in [7, 11) is 0. The molecule has 0 bridgehead atoms. The second kappa shape index (κ2) is 10.6. The molecule has 140 valence electrons. The van der Waals surface area contributed by atoms with Gasteiger partial charge in [0.2, 0.25) is 5.91 Å². The molecule has 2 aromatic rings. The van der Waals surface area contributed by atoms with Gasteiger partial charge >= 0.3 is 0 Å². The molecule has 0 spiro atoms. The minimum atomic E-state index is -0.277. The zero-order chi connectivity index (χ0) is 18.2. The average Bonchev–Trinajstić information content (AvgIpc) is 2.62. The monoisotopic (exact) mass is 375 g/mol. The normalized spacial score (nSPS) is 12.4. The number of benzene rings is 2. The van der Waals surface area contributed by atoms with Crippen LogP contribution in [-0.4, -0.2) is 24.4 Å². The lowest BCUT2D eigenvalue weighted by Gasteiger charge is -2.15. The second-order valence-corrected chi connectivity index (χ2v) is 6.21. The molecule has 5 nitrogen and oxygen atoms in total. The molecule has 2 unspecified atom stereocenters. The highest BCUT2D eigenvalue weighted by Gasteiger charge is 2.17. The van der Waals surface area contributed by atoms with Gasteiger partial charge in [0.1, 0.15) is 0 Å². The van der Waals surface area contributed by atoms with Crippen molar-refractivity contribution in [3.05, 3.63) is 65.7 Å². The number of carbonyl (C=O) groups is 2. The third-order valence-corrected chi connectivity index (χ3v) is 4.16. The number of carbonyl (C=O) groups excluding carboxylic acids is 2. The number of halogens is 1. The Morgan fingerprint density at radius 2 is 1.62 bits per heavy atom. The summed E-state index contributed by atoms with van der Waals surface area (Å²) in [6, 6.07) is 16.6. The van der Waals surface area contributed by atoms with Crippen LogP contribution in [0.3, 0.4) is 0 Å². The number of hydrogen-bond acceptors (Lipinski definition) is 3. The first-order chi connectivity index (χ1) is 12.0. The molecule has 2 rings (SSSR count). The number of nitrogens with one attached hydrogen (secondary N) is 2. The maximum Gasteiger partial charge on any atom is 0.251 e. The van der Waals surface area contributed by atoms with Crippen molar-refractivity contribution in [2.45, 2.75) is 26.3 Å². The molecule has 0 saturated heterocycles. The van der Waals surface area contributed by atoms with Gasteiger partial charge in [-0.2, -0.15) is 0 Å². The molecular formula is C20H26ClN3O2. The standard InChI is InChI=1S/C20H25N3O2.ClH/c1-14(15(2)21)19(24)23-18-10-8-17(9-11-18)20(25)22-13-12-16-6-4-3-5-7-16;/h3-11,14-15H,12-13,21H2,1-2H3,(H,22,25)(H,23,24);1H. The summed E-state index contributed by atoms with van der Waals surface area (Å²) in [6.07, 6.45) is 0.788. The predicted molar refractivity (Wildman–Crippen MR) is 108 cm³/mol. The van der Waals surface area contributed by atoms with Gasteiger partial charge in [-0.25, -0.2) is 0 Å². The molecule has 0 saturated carbocycles. The topological polar surface area (TPSA) is 84.2 Å². The van der Waals surface area contributed by atoms with Gasteiger partial charge in [-0.3, -0.25) is 9.59 Å². The summed E-state index contributed by atoms with van der Waals surface area (Å²) in [5.41, 5.74) is 8.13. The Labute approximate surface area is 160 Å². The van der Waals surface area contributed by atoms with E-state index in [1.807, 2.05) is 30.3 Å². The van der Waals surface area contributed by atoms with Crippen LogP contribution >= 0.6 is 12.4 Å². The summed E-state index contributed by atoms with van der Waals surface area (Å²) in [6.45, 7) is 4.16. The number of anilines is 1. The van der Waals surface area contributed by atoms with Crippen molar-refractivity contribution in [2.75, 3.05) is 11.9 Å². The maximum absolute atomic E-state index is 12.2. The van der Waals surface area contributed by atoms with Crippen molar-refractivity contribution in [1.82, 2.24) is 5.32 Å². The first-order valence-corrected chi connectivity index (χ1v) is 8.46. The number of rotatable bonds is 7. The molecule has 4 N–H and O–H groups in total. The molecular weight excluding hydrogens is 350 g/mol. The van der Waals surface area contributed by atoms with Crippen LogP contribution in [0.1, 0.15) is 29.8 Å². The Kier molecular flexibility index (Phi) is 8.82. The largest absolute Gasteiger partial charge is 0.352 e. The average molecular weight is 376 g/mol. The summed E-state index contributed by atoms with van der Waals surface area (Å²) in [4.78, 5) is 24.1. The van der Waals surface area contributed by atoms with Crippen molar-refractivity contribution >= 4 is 29.9 Å². The fourth-order valence-corrected chi connectivity index (χ4v) is 2.27. The molecule has 2 amide bonds. The van der Waals surface area contributed by atoms with Crippen molar-refractivity contribution in [1.29, 1.82) is 0 Å². The first kappa shape index (κ1) is 21.7. The van der Waals surface area contributed by atoms with E-state index in [0.717, 1.165) is 6.42 Å². The lowest BCUT2D eigenvalue weighted by Crippen LogP contribution is -2.34. The maximum atomic E-state index is 12.2. The van der Waals surface area contributed by atoms with Gasteiger partial charge in [0.05, 0.1) is 5.92 Å². The molecule has 0 aliphatic heterocycles. The van der Waals surface area contributed by atoms with Crippen molar-refractivity contribution < 1.29 is 9.59 Å². The summed E-state index contributed by atoms with van der Waals surface area (Å²) >= 11 is 0. The second-order valence-electron chi connectivity index (χ2n) is 6.21. The zero-order valence-electron chi connectivity index (χ0n) is 15.1. The third kappa shape index (κ3) is 6.50. The minimum Gasteiger partial charge on any atom is -0.352 e. The van der Waals surface area contributed by atoms with E-state index in [0.29, 0.717) is 17.8 Å². The molecule has 0 fully saturated rings. The molecule has 2 aromatic carbocycles. The molecule has 0 radical (unpaired) electrons. The number of nitrogens with two attached hydrogens (primary N) is 1. The van der Waals surface area contributed by atoms with Crippen LogP contribution in [0.4, 0.5) is 5.69 Å². The molecule has 0 aliphatic rings. The number of amides is 2. The Hall–Kier alpha value is -2.37. The van der Waals surface area contributed by atoms with Gasteiger partial charge in [-0.1, -0.05) is 37.3 Å². The minimum absolute atomic E-state index is 0. The molecule has 0 aliphatic carbocycles. The van der Waals surface area contributed by atoms with E-state index in [2.05, 4.69) is 10.6 Å². The molecule has 6 heteroatoms. The lowest BCUT2D eigenvalue weighted by atomic mass is 10.0. The highest BCUT2D eigenvalue weighted by atomic mass is 35.5. The van der Waals surface area contributed by atoms with Crippen LogP contribution in [0.25, 0.3) is 0 Å². The summed E-state index contributed by atoms with van der Waals surface area (Å²) < 4.78 is 0. The van der Waals surface area contributed by atoms with E-state index < -0.39 is 0 Å². The molecule has 0 aromatic heterocycles. The smallest absolute Gasteiger partial charge is 0.251 e. The number of hydrogen-bond donors (Lipinski definition) is 3. The Balaban J connectivity index is 0.00000338. The van der Waals surface area contributed by atoms with Crippen molar-refractivity contribution in [2.24, 2.45) is 11.7 Å². The van der Waals surface area contributed by atoms with Crippen molar-refractivity contribution in [3.8, 4) is 0 Å². The van der Waals surface area contributed by atoms with E-state index in [9.17, 15) is 9.59 Å². The quantitative estimate of drug-likeness (QED) is 0.695. The summed E-state index contributed by atoms with van der Waals surface area (Å²) in [5.74, 6) is -0.534. The van der Waals surface area contributed by atoms with Gasteiger partial charge in [-0.05, 0) is 43.2 Å². The fraction of sp³-hybridized carbons (Fsp3) is 0.300. The molecule has 26 heavy (non-hydrogen) atoms. The van der Waals surface area contributed by atoms with Gasteiger partial charge in [-0.15, -0.1) is 12.4 Å². The highest BCUT2D eigenvalue weighted by Crippen LogP contribution is 2.12. The molecule has 2 atom stereocenters. The van der Waals surface area contributed by atoms with Crippen molar-refractivity contribution in [3.63, 3.8) is 0 Å². The lowest BCUT2D eigenvalue weighted by molar-refractivity contribution is -0.119. The van der Waals surface area contributed by atoms with Crippen LogP contribution in [0.5, 0.6) is 0 Å². The van der Waals surface area contributed by atoms with Crippen LogP contribution in [0.15, 0.2) is 54.6 Å². The first-order valence-electron chi connectivity index (χ1n) is 8.46. The van der Waals surface area contributed by atoms with E-state index >= 15 is 0 Å². The van der Waals surface area contributed by atoms with Crippen LogP contribution in [-0.2, 0) is 11.2 Å². The van der Waals surface area contributed by atoms with Gasteiger partial charge < -0.3 is 16.4 Å². The Bertz CT molecular complexity index is 703. The van der Waals surface area contributed by atoms with E-state index in [4.69, 9.17) is 5.73 Å². The Morgan fingerprint density at radius 3 is 2.19 bits per heavy atom. The van der Waals surface area contributed by atoms with E-state index in [1.165, 1.54) is 5.56 Å². The third-order valence-electron chi connectivity index (χ3n) is 4.16.